The Hall–Kier alpha value is -5.88. The van der Waals surface area contributed by atoms with E-state index < -0.39 is 11.9 Å². The van der Waals surface area contributed by atoms with Crippen LogP contribution < -0.4 is 27.0 Å². The number of pyridine rings is 1. The number of anilines is 3. The standard InChI is InChI=1S/C43H46N6O3/c1-7-26-18-29(41(51)45-8-2)22-31(20-26)47-38-21-27(15-16-46-38)19-28-13-14-36(33-12-10-9-11-32(28)33)48-42(52)49-37-24-30(43(4,5)6)23-35(40(44)50)39(37)34-17-25(34)3/h1,9-16,18,20-21,23-25,29,34H,8,17,19,22H2,2-6H3,(H2,44,50)(H,45,51)(H,46,47)(H2,48,49,52)/t25-,29?,34?/m1/s1. The number of hydrogen-bond donors (Lipinski definition) is 5. The zero-order valence-corrected chi connectivity index (χ0v) is 30.4. The third-order valence-electron chi connectivity index (χ3n) is 9.81. The van der Waals surface area contributed by atoms with Crippen LogP contribution in [0.15, 0.2) is 90.3 Å². The van der Waals surface area contributed by atoms with Gasteiger partial charge in [-0.3, -0.25) is 9.59 Å². The first kappa shape index (κ1) is 35.9. The fourth-order valence-electron chi connectivity index (χ4n) is 6.91. The minimum Gasteiger partial charge on any atom is -0.366 e. The third kappa shape index (κ3) is 8.02. The Bertz CT molecular complexity index is 2170. The number of benzene rings is 3. The maximum absolute atomic E-state index is 13.7. The zero-order chi connectivity index (χ0) is 37.2. The fraction of sp³-hybridized carbons (Fsp3) is 0.302. The van der Waals surface area contributed by atoms with Gasteiger partial charge in [-0.1, -0.05) is 70.0 Å². The van der Waals surface area contributed by atoms with Crippen LogP contribution in [0.5, 0.6) is 0 Å². The number of aromatic nitrogens is 1. The number of urea groups is 1. The predicted molar refractivity (Wildman–Crippen MR) is 209 cm³/mol. The Morgan fingerprint density at radius 3 is 2.40 bits per heavy atom. The first-order chi connectivity index (χ1) is 24.8. The highest BCUT2D eigenvalue weighted by Gasteiger charge is 2.39. The summed E-state index contributed by atoms with van der Waals surface area (Å²) < 4.78 is 0. The van der Waals surface area contributed by atoms with Gasteiger partial charge in [0.2, 0.25) is 11.8 Å². The Kier molecular flexibility index (Phi) is 10.2. The third-order valence-corrected chi connectivity index (χ3v) is 9.81. The second-order valence-corrected chi connectivity index (χ2v) is 14.8. The number of hydrogen-bond acceptors (Lipinski definition) is 5. The Morgan fingerprint density at radius 2 is 1.73 bits per heavy atom. The molecule has 3 atom stereocenters. The van der Waals surface area contributed by atoms with E-state index in [1.165, 1.54) is 0 Å². The number of allylic oxidation sites excluding steroid dienone is 3. The lowest BCUT2D eigenvalue weighted by Gasteiger charge is -2.24. The molecule has 2 aliphatic rings. The number of fused-ring (bicyclic) bond motifs is 1. The highest BCUT2D eigenvalue weighted by Crippen LogP contribution is 2.51. The number of nitrogens with zero attached hydrogens (tertiary/aromatic N) is 1. The number of carbonyl (C=O) groups is 3. The summed E-state index contributed by atoms with van der Waals surface area (Å²) in [7, 11) is 0. The molecule has 0 spiro atoms. The molecule has 4 amide bonds. The van der Waals surface area contributed by atoms with Crippen molar-refractivity contribution in [1.29, 1.82) is 0 Å². The molecule has 266 valence electrons. The molecule has 0 bridgehead atoms. The van der Waals surface area contributed by atoms with Crippen molar-refractivity contribution in [1.82, 2.24) is 10.3 Å². The summed E-state index contributed by atoms with van der Waals surface area (Å²) in [5.41, 5.74) is 12.7. The van der Waals surface area contributed by atoms with Crippen LogP contribution in [0.4, 0.5) is 22.0 Å². The molecule has 3 aromatic carbocycles. The molecule has 2 aliphatic carbocycles. The summed E-state index contributed by atoms with van der Waals surface area (Å²) in [4.78, 5) is 43.4. The van der Waals surface area contributed by atoms with Crippen LogP contribution in [-0.2, 0) is 16.6 Å². The van der Waals surface area contributed by atoms with Gasteiger partial charge in [-0.05, 0) is 101 Å². The molecule has 1 fully saturated rings. The van der Waals surface area contributed by atoms with Crippen LogP contribution in [0.2, 0.25) is 0 Å². The van der Waals surface area contributed by atoms with Gasteiger partial charge in [0.05, 0.1) is 11.6 Å². The van der Waals surface area contributed by atoms with E-state index in [4.69, 9.17) is 12.2 Å². The highest BCUT2D eigenvalue weighted by molar-refractivity contribution is 6.08. The molecule has 6 rings (SSSR count). The van der Waals surface area contributed by atoms with Crippen molar-refractivity contribution in [3.63, 3.8) is 0 Å². The molecule has 2 unspecified atom stereocenters. The molecule has 4 aromatic rings. The molecular formula is C43H46N6O3. The quantitative estimate of drug-likeness (QED) is 0.107. The number of primary amides is 1. The van der Waals surface area contributed by atoms with Crippen molar-refractivity contribution in [3.8, 4) is 12.3 Å². The average Bonchev–Trinajstić information content (AvgIpc) is 3.84. The van der Waals surface area contributed by atoms with Crippen molar-refractivity contribution in [2.24, 2.45) is 17.6 Å². The lowest BCUT2D eigenvalue weighted by molar-refractivity contribution is -0.123. The molecule has 1 aromatic heterocycles. The molecule has 9 heteroatoms. The second-order valence-electron chi connectivity index (χ2n) is 14.8. The van der Waals surface area contributed by atoms with E-state index in [-0.39, 0.29) is 23.2 Å². The normalized spacial score (nSPS) is 18.0. The van der Waals surface area contributed by atoms with E-state index in [2.05, 4.69) is 65.9 Å². The molecule has 6 N–H and O–H groups in total. The smallest absolute Gasteiger partial charge is 0.323 e. The van der Waals surface area contributed by atoms with E-state index in [0.717, 1.165) is 45.1 Å². The molecule has 0 radical (unpaired) electrons. The summed E-state index contributed by atoms with van der Waals surface area (Å²) in [6, 6.07) is 19.4. The number of amides is 4. The molecule has 9 nitrogen and oxygen atoms in total. The van der Waals surface area contributed by atoms with Crippen LogP contribution in [0.1, 0.15) is 86.0 Å². The van der Waals surface area contributed by atoms with E-state index in [9.17, 15) is 14.4 Å². The minimum absolute atomic E-state index is 0.0590. The monoisotopic (exact) mass is 694 g/mol. The van der Waals surface area contributed by atoms with Gasteiger partial charge >= 0.3 is 6.03 Å². The number of nitrogens with one attached hydrogen (secondary N) is 4. The van der Waals surface area contributed by atoms with Crippen LogP contribution in [0.25, 0.3) is 10.8 Å². The number of carbonyl (C=O) groups excluding carboxylic acids is 3. The fourth-order valence-corrected chi connectivity index (χ4v) is 6.91. The van der Waals surface area contributed by atoms with Crippen molar-refractivity contribution in [2.75, 3.05) is 22.5 Å². The topological polar surface area (TPSA) is 138 Å². The predicted octanol–water partition coefficient (Wildman–Crippen LogP) is 8.00. The summed E-state index contributed by atoms with van der Waals surface area (Å²) >= 11 is 0. The SMILES string of the molecule is C#CC1=CC(C(=O)NCC)CC(Nc2cc(Cc3ccc(NC(=O)Nc4cc(C(C)(C)C)cc(C(N)=O)c4C4C[C@H]4C)c4ccccc34)ccn2)=C1. The summed E-state index contributed by atoms with van der Waals surface area (Å²) in [6.07, 6.45) is 13.2. The van der Waals surface area contributed by atoms with Crippen molar-refractivity contribution in [3.05, 3.63) is 118 Å². The van der Waals surface area contributed by atoms with E-state index >= 15 is 0 Å². The molecule has 1 saturated carbocycles. The van der Waals surface area contributed by atoms with Crippen LogP contribution in [-0.4, -0.2) is 29.4 Å². The number of rotatable bonds is 10. The van der Waals surface area contributed by atoms with Crippen molar-refractivity contribution >= 4 is 45.8 Å². The number of terminal acetylenes is 1. The first-order valence-electron chi connectivity index (χ1n) is 17.8. The van der Waals surface area contributed by atoms with Gasteiger partial charge in [-0.15, -0.1) is 6.42 Å². The van der Waals surface area contributed by atoms with Gasteiger partial charge < -0.3 is 27.0 Å². The number of nitrogens with two attached hydrogens (primary N) is 1. The first-order valence-corrected chi connectivity index (χ1v) is 17.8. The molecule has 1 heterocycles. The summed E-state index contributed by atoms with van der Waals surface area (Å²) in [5, 5.41) is 14.3. The molecule has 0 aliphatic heterocycles. The van der Waals surface area contributed by atoms with Gasteiger partial charge in [0.1, 0.15) is 5.82 Å². The maximum Gasteiger partial charge on any atom is 0.323 e. The van der Waals surface area contributed by atoms with Gasteiger partial charge in [0, 0.05) is 47.1 Å². The second kappa shape index (κ2) is 14.8. The minimum atomic E-state index is -0.492. The van der Waals surface area contributed by atoms with Crippen LogP contribution >= 0.6 is 0 Å². The van der Waals surface area contributed by atoms with Gasteiger partial charge in [0.15, 0.2) is 0 Å². The highest BCUT2D eigenvalue weighted by atomic mass is 16.2. The molecular weight excluding hydrogens is 649 g/mol. The zero-order valence-electron chi connectivity index (χ0n) is 30.4. The van der Waals surface area contributed by atoms with Gasteiger partial charge in [-0.2, -0.15) is 0 Å². The van der Waals surface area contributed by atoms with E-state index in [1.807, 2.05) is 73.7 Å². The van der Waals surface area contributed by atoms with Crippen LogP contribution in [0.3, 0.4) is 0 Å². The average molecular weight is 695 g/mol. The van der Waals surface area contributed by atoms with Crippen LogP contribution in [0, 0.1) is 24.2 Å². The summed E-state index contributed by atoms with van der Waals surface area (Å²) in [6.45, 7) is 10.8. The lowest BCUT2D eigenvalue weighted by atomic mass is 9.83. The Labute approximate surface area is 305 Å². The van der Waals surface area contributed by atoms with Gasteiger partial charge in [0.25, 0.3) is 0 Å². The Morgan fingerprint density at radius 1 is 1.00 bits per heavy atom. The molecule has 52 heavy (non-hydrogen) atoms. The van der Waals surface area contributed by atoms with E-state index in [0.29, 0.717) is 53.6 Å². The van der Waals surface area contributed by atoms with Gasteiger partial charge in [-0.25, -0.2) is 9.78 Å². The Balaban J connectivity index is 1.22. The summed E-state index contributed by atoms with van der Waals surface area (Å²) in [5.74, 6) is 2.98. The maximum atomic E-state index is 13.7. The largest absolute Gasteiger partial charge is 0.366 e. The van der Waals surface area contributed by atoms with E-state index in [1.54, 1.807) is 6.20 Å². The molecule has 0 saturated heterocycles. The van der Waals surface area contributed by atoms with Crippen molar-refractivity contribution < 1.29 is 14.4 Å². The lowest BCUT2D eigenvalue weighted by Crippen LogP contribution is -2.31. The van der Waals surface area contributed by atoms with Crippen molar-refractivity contribution in [2.45, 2.75) is 65.2 Å².